The highest BCUT2D eigenvalue weighted by Gasteiger charge is 2.50. The van der Waals surface area contributed by atoms with Crippen molar-refractivity contribution in [1.29, 1.82) is 0 Å². The predicted molar refractivity (Wildman–Crippen MR) is 118 cm³/mol. The van der Waals surface area contributed by atoms with Crippen LogP contribution in [0.2, 0.25) is 0 Å². The summed E-state index contributed by atoms with van der Waals surface area (Å²) in [5.41, 5.74) is 4.74. The van der Waals surface area contributed by atoms with Gasteiger partial charge in [-0.3, -0.25) is 4.40 Å². The second-order valence-corrected chi connectivity index (χ2v) is 10.1. The van der Waals surface area contributed by atoms with Gasteiger partial charge < -0.3 is 9.64 Å². The molecule has 1 saturated carbocycles. The van der Waals surface area contributed by atoms with Crippen LogP contribution >= 0.6 is 0 Å². The van der Waals surface area contributed by atoms with Crippen LogP contribution < -0.4 is 4.90 Å². The molecule has 0 N–H and O–H groups in total. The maximum Gasteiger partial charge on any atom is 0.165 e. The lowest BCUT2D eigenvalue weighted by molar-refractivity contribution is -0.136. The van der Waals surface area contributed by atoms with Crippen LogP contribution in [-0.4, -0.2) is 27.7 Å². The maximum atomic E-state index is 13.9. The van der Waals surface area contributed by atoms with Crippen molar-refractivity contribution in [3.05, 3.63) is 58.8 Å². The van der Waals surface area contributed by atoms with E-state index in [4.69, 9.17) is 4.74 Å². The van der Waals surface area contributed by atoms with Crippen LogP contribution in [0.15, 0.2) is 30.5 Å². The lowest BCUT2D eigenvalue weighted by Gasteiger charge is -2.42. The van der Waals surface area contributed by atoms with Crippen molar-refractivity contribution in [2.75, 3.05) is 18.0 Å². The monoisotopic (exact) mass is 420 g/mol. The van der Waals surface area contributed by atoms with E-state index in [1.807, 2.05) is 6.07 Å². The number of benzene rings is 1. The first-order valence-electron chi connectivity index (χ1n) is 11.5. The molecule has 3 aromatic rings. The maximum absolute atomic E-state index is 13.9. The summed E-state index contributed by atoms with van der Waals surface area (Å²) in [5.74, 6) is 1.68. The van der Waals surface area contributed by atoms with Crippen molar-refractivity contribution >= 4 is 11.3 Å². The Morgan fingerprint density at radius 2 is 1.87 bits per heavy atom. The van der Waals surface area contributed by atoms with Gasteiger partial charge in [0.05, 0.1) is 11.2 Å². The Morgan fingerprint density at radius 3 is 2.61 bits per heavy atom. The molecule has 0 bridgehead atoms. The van der Waals surface area contributed by atoms with Crippen LogP contribution in [0.5, 0.6) is 0 Å². The van der Waals surface area contributed by atoms with Crippen LogP contribution in [0, 0.1) is 18.7 Å². The van der Waals surface area contributed by atoms with E-state index in [1.54, 1.807) is 12.1 Å². The number of hydrogen-bond acceptors (Lipinski definition) is 4. The molecule has 5 nitrogen and oxygen atoms in total. The van der Waals surface area contributed by atoms with E-state index in [-0.39, 0.29) is 11.4 Å². The molecule has 1 aliphatic carbocycles. The van der Waals surface area contributed by atoms with Crippen molar-refractivity contribution < 1.29 is 9.13 Å². The number of rotatable bonds is 3. The molecule has 0 unspecified atom stereocenters. The largest absolute Gasteiger partial charge is 0.371 e. The fourth-order valence-electron chi connectivity index (χ4n) is 5.67. The highest BCUT2D eigenvalue weighted by molar-refractivity contribution is 5.65. The summed E-state index contributed by atoms with van der Waals surface area (Å²) in [6.45, 7) is 8.04. The third kappa shape index (κ3) is 2.99. The van der Waals surface area contributed by atoms with Crippen LogP contribution in [0.1, 0.15) is 62.0 Å². The zero-order valence-electron chi connectivity index (χ0n) is 18.5. The Labute approximate surface area is 182 Å². The van der Waals surface area contributed by atoms with Crippen molar-refractivity contribution in [1.82, 2.24) is 14.6 Å². The molecule has 2 fully saturated rings. The summed E-state index contributed by atoms with van der Waals surface area (Å²) in [6.07, 6.45) is 7.57. The minimum Gasteiger partial charge on any atom is -0.371 e. The summed E-state index contributed by atoms with van der Waals surface area (Å²) in [4.78, 5) is 2.44. The molecule has 1 saturated heterocycles. The number of ether oxygens (including phenoxy) is 1. The number of nitrogens with zero attached hydrogens (tertiary/aromatic N) is 4. The van der Waals surface area contributed by atoms with Gasteiger partial charge in [-0.25, -0.2) is 4.39 Å². The fraction of sp³-hybridized carbons (Fsp3) is 0.520. The Hall–Kier alpha value is -2.47. The van der Waals surface area contributed by atoms with E-state index in [9.17, 15) is 4.39 Å². The normalized spacial score (nSPS) is 21.7. The van der Waals surface area contributed by atoms with Crippen LogP contribution in [0.4, 0.5) is 10.1 Å². The quantitative estimate of drug-likeness (QED) is 0.605. The molecule has 1 aromatic carbocycles. The first-order chi connectivity index (χ1) is 14.9. The molecule has 162 valence electrons. The molecule has 0 amide bonds. The second kappa shape index (κ2) is 6.52. The van der Waals surface area contributed by atoms with Gasteiger partial charge in [-0.15, -0.1) is 10.2 Å². The van der Waals surface area contributed by atoms with E-state index in [1.165, 1.54) is 24.1 Å². The van der Waals surface area contributed by atoms with Gasteiger partial charge in [0, 0.05) is 37.0 Å². The molecule has 6 rings (SSSR count). The molecule has 2 aromatic heterocycles. The van der Waals surface area contributed by atoms with Crippen molar-refractivity contribution in [3.8, 4) is 0 Å². The summed E-state index contributed by atoms with van der Waals surface area (Å²) in [5, 5.41) is 8.98. The van der Waals surface area contributed by atoms with Gasteiger partial charge in [0.25, 0.3) is 0 Å². The number of aryl methyl sites for hydroxylation is 1. The van der Waals surface area contributed by atoms with E-state index >= 15 is 0 Å². The van der Waals surface area contributed by atoms with Gasteiger partial charge in [0.1, 0.15) is 11.6 Å². The zero-order valence-corrected chi connectivity index (χ0v) is 18.5. The van der Waals surface area contributed by atoms with E-state index < -0.39 is 5.60 Å². The molecule has 6 heteroatoms. The Morgan fingerprint density at radius 1 is 1.10 bits per heavy atom. The van der Waals surface area contributed by atoms with Crippen LogP contribution in [-0.2, 0) is 22.4 Å². The topological polar surface area (TPSA) is 42.7 Å². The molecular formula is C25H29FN4O. The van der Waals surface area contributed by atoms with Gasteiger partial charge in [0.15, 0.2) is 5.65 Å². The highest BCUT2D eigenvalue weighted by Crippen LogP contribution is 2.52. The Kier molecular flexibility index (Phi) is 4.04. The number of pyridine rings is 1. The SMILES string of the molecule is Cc1c(N2CCC3(CC2)OC(C)(C)c2cc(F)ccc23)ccn2c(CC3CC3)nnc12. The molecule has 2 aliphatic heterocycles. The van der Waals surface area contributed by atoms with Gasteiger partial charge in [-0.2, -0.15) is 0 Å². The Bertz CT molecular complexity index is 1170. The molecular weight excluding hydrogens is 391 g/mol. The van der Waals surface area contributed by atoms with Crippen LogP contribution in [0.25, 0.3) is 5.65 Å². The van der Waals surface area contributed by atoms with E-state index in [0.29, 0.717) is 0 Å². The highest BCUT2D eigenvalue weighted by atomic mass is 19.1. The molecule has 0 atom stereocenters. The average molecular weight is 421 g/mol. The third-order valence-corrected chi connectivity index (χ3v) is 7.52. The van der Waals surface area contributed by atoms with Crippen molar-refractivity contribution in [2.24, 2.45) is 5.92 Å². The Balaban J connectivity index is 1.27. The fourth-order valence-corrected chi connectivity index (χ4v) is 5.67. The van der Waals surface area contributed by atoms with E-state index in [0.717, 1.165) is 60.9 Å². The molecule has 0 radical (unpaired) electrons. The number of piperidine rings is 1. The lowest BCUT2D eigenvalue weighted by Crippen LogP contribution is -2.44. The summed E-state index contributed by atoms with van der Waals surface area (Å²) in [6, 6.07) is 7.37. The molecule has 4 heterocycles. The number of halogens is 1. The van der Waals surface area contributed by atoms with Gasteiger partial charge in [-0.05, 0) is 81.7 Å². The average Bonchev–Trinajstić information content (AvgIpc) is 3.42. The first-order valence-corrected chi connectivity index (χ1v) is 11.5. The van der Waals surface area contributed by atoms with Gasteiger partial charge in [0.2, 0.25) is 0 Å². The second-order valence-electron chi connectivity index (χ2n) is 10.1. The molecule has 1 spiro atoms. The van der Waals surface area contributed by atoms with E-state index in [2.05, 4.69) is 52.5 Å². The van der Waals surface area contributed by atoms with Gasteiger partial charge >= 0.3 is 0 Å². The molecule has 3 aliphatic rings. The summed E-state index contributed by atoms with van der Waals surface area (Å²) < 4.78 is 22.7. The van der Waals surface area contributed by atoms with Gasteiger partial charge in [-0.1, -0.05) is 6.07 Å². The van der Waals surface area contributed by atoms with Crippen LogP contribution in [0.3, 0.4) is 0 Å². The molecule has 31 heavy (non-hydrogen) atoms. The number of aromatic nitrogens is 3. The predicted octanol–water partition coefficient (Wildman–Crippen LogP) is 4.89. The number of fused-ring (bicyclic) bond motifs is 3. The number of anilines is 1. The smallest absolute Gasteiger partial charge is 0.165 e. The zero-order chi connectivity index (χ0) is 21.4. The van der Waals surface area contributed by atoms with Crippen molar-refractivity contribution in [2.45, 2.75) is 64.1 Å². The first kappa shape index (κ1) is 19.2. The standard InChI is InChI=1S/C25H29FN4O/c1-16-21(8-11-30-22(14-17-4-5-17)27-28-23(16)30)29-12-9-25(10-13-29)19-7-6-18(26)15-20(19)24(2,3)31-25/h6-8,11,15,17H,4-5,9-10,12-14H2,1-3H3. The summed E-state index contributed by atoms with van der Waals surface area (Å²) in [7, 11) is 0. The third-order valence-electron chi connectivity index (χ3n) is 7.52. The lowest BCUT2D eigenvalue weighted by atomic mass is 9.82. The number of hydrogen-bond donors (Lipinski definition) is 0. The van der Waals surface area contributed by atoms with Crippen molar-refractivity contribution in [3.63, 3.8) is 0 Å². The summed E-state index contributed by atoms with van der Waals surface area (Å²) >= 11 is 0. The minimum absolute atomic E-state index is 0.191. The minimum atomic E-state index is -0.464.